The maximum absolute atomic E-state index is 12.5. The third-order valence-corrected chi connectivity index (χ3v) is 3.78. The minimum atomic E-state index is -0.243. The summed E-state index contributed by atoms with van der Waals surface area (Å²) in [6.45, 7) is 4.76. The number of rotatable bonds is 7. The average molecular weight is 394 g/mol. The first-order valence-corrected chi connectivity index (χ1v) is 8.42. The van der Waals surface area contributed by atoms with Gasteiger partial charge in [-0.05, 0) is 54.0 Å². The molecule has 24 heavy (non-hydrogen) atoms. The largest absolute Gasteiger partial charge is 0.497 e. The topological polar surface area (TPSA) is 56.8 Å². The van der Waals surface area contributed by atoms with Crippen molar-refractivity contribution in [2.24, 2.45) is 0 Å². The van der Waals surface area contributed by atoms with E-state index in [0.29, 0.717) is 46.2 Å². The standard InChI is InChI=1S/C18H20BrNO4/c1-4-23-16-10-12(9-15(19)17(16)24-5-2)18(21)20-13-7-6-8-14(11-13)22-3/h6-11H,4-5H2,1-3H3,(H,20,21). The lowest BCUT2D eigenvalue weighted by Crippen LogP contribution is -2.12. The van der Waals surface area contributed by atoms with Gasteiger partial charge in [-0.1, -0.05) is 6.07 Å². The number of benzene rings is 2. The number of methoxy groups -OCH3 is 1. The molecule has 0 aliphatic carbocycles. The fraction of sp³-hybridized carbons (Fsp3) is 0.278. The normalized spacial score (nSPS) is 10.2. The first-order valence-electron chi connectivity index (χ1n) is 7.63. The van der Waals surface area contributed by atoms with Crippen molar-refractivity contribution in [2.75, 3.05) is 25.6 Å². The van der Waals surface area contributed by atoms with E-state index >= 15 is 0 Å². The lowest BCUT2D eigenvalue weighted by molar-refractivity contribution is 0.102. The zero-order valence-electron chi connectivity index (χ0n) is 13.9. The molecule has 1 amide bonds. The Balaban J connectivity index is 2.28. The third-order valence-electron chi connectivity index (χ3n) is 3.19. The molecule has 0 heterocycles. The van der Waals surface area contributed by atoms with Gasteiger partial charge >= 0.3 is 0 Å². The summed E-state index contributed by atoms with van der Waals surface area (Å²) in [7, 11) is 1.58. The second kappa shape index (κ2) is 8.59. The highest BCUT2D eigenvalue weighted by atomic mass is 79.9. The quantitative estimate of drug-likeness (QED) is 0.751. The molecule has 0 aliphatic rings. The summed E-state index contributed by atoms with van der Waals surface area (Å²) in [5, 5.41) is 2.84. The number of amides is 1. The van der Waals surface area contributed by atoms with E-state index in [1.54, 1.807) is 31.4 Å². The highest BCUT2D eigenvalue weighted by Gasteiger charge is 2.16. The number of hydrogen-bond acceptors (Lipinski definition) is 4. The van der Waals surface area contributed by atoms with Crippen LogP contribution in [0.15, 0.2) is 40.9 Å². The van der Waals surface area contributed by atoms with Gasteiger partial charge in [0, 0.05) is 17.3 Å². The number of carbonyl (C=O) groups excluding carboxylic acids is 1. The third kappa shape index (κ3) is 4.41. The van der Waals surface area contributed by atoms with Crippen molar-refractivity contribution in [3.05, 3.63) is 46.4 Å². The number of nitrogens with one attached hydrogen (secondary N) is 1. The summed E-state index contributed by atoms with van der Waals surface area (Å²) in [6, 6.07) is 10.6. The van der Waals surface area contributed by atoms with Crippen LogP contribution in [0.3, 0.4) is 0 Å². The SMILES string of the molecule is CCOc1cc(C(=O)Nc2cccc(OC)c2)cc(Br)c1OCC. The van der Waals surface area contributed by atoms with Crippen LogP contribution in [0, 0.1) is 0 Å². The maximum Gasteiger partial charge on any atom is 0.255 e. The smallest absolute Gasteiger partial charge is 0.255 e. The van der Waals surface area contributed by atoms with Crippen molar-refractivity contribution in [2.45, 2.75) is 13.8 Å². The molecule has 0 saturated heterocycles. The summed E-state index contributed by atoms with van der Waals surface area (Å²) in [4.78, 5) is 12.5. The molecule has 0 fully saturated rings. The monoisotopic (exact) mass is 393 g/mol. The van der Waals surface area contributed by atoms with E-state index in [0.717, 1.165) is 0 Å². The maximum atomic E-state index is 12.5. The molecular weight excluding hydrogens is 374 g/mol. The minimum Gasteiger partial charge on any atom is -0.497 e. The molecule has 0 aromatic heterocycles. The highest BCUT2D eigenvalue weighted by Crippen LogP contribution is 2.37. The van der Waals surface area contributed by atoms with Crippen LogP contribution >= 0.6 is 15.9 Å². The fourth-order valence-electron chi connectivity index (χ4n) is 2.15. The molecule has 0 spiro atoms. The lowest BCUT2D eigenvalue weighted by atomic mass is 10.1. The number of carbonyl (C=O) groups is 1. The van der Waals surface area contributed by atoms with Crippen molar-refractivity contribution >= 4 is 27.5 Å². The van der Waals surface area contributed by atoms with Crippen molar-refractivity contribution in [3.63, 3.8) is 0 Å². The van der Waals surface area contributed by atoms with Crippen molar-refractivity contribution in [1.82, 2.24) is 0 Å². The van der Waals surface area contributed by atoms with Crippen molar-refractivity contribution in [3.8, 4) is 17.2 Å². The van der Waals surface area contributed by atoms with Crippen LogP contribution in [-0.2, 0) is 0 Å². The van der Waals surface area contributed by atoms with Gasteiger partial charge in [-0.3, -0.25) is 4.79 Å². The molecule has 2 rings (SSSR count). The van der Waals surface area contributed by atoms with Crippen molar-refractivity contribution in [1.29, 1.82) is 0 Å². The van der Waals surface area contributed by atoms with E-state index in [9.17, 15) is 4.79 Å². The Morgan fingerprint density at radius 3 is 2.54 bits per heavy atom. The van der Waals surface area contributed by atoms with E-state index in [1.807, 2.05) is 26.0 Å². The Labute approximate surface area is 150 Å². The highest BCUT2D eigenvalue weighted by molar-refractivity contribution is 9.10. The molecule has 5 nitrogen and oxygen atoms in total. The van der Waals surface area contributed by atoms with E-state index in [2.05, 4.69) is 21.2 Å². The molecule has 0 saturated carbocycles. The molecule has 0 aliphatic heterocycles. The predicted molar refractivity (Wildman–Crippen MR) is 97.4 cm³/mol. The molecule has 128 valence electrons. The minimum absolute atomic E-state index is 0.243. The van der Waals surface area contributed by atoms with E-state index in [4.69, 9.17) is 14.2 Å². The van der Waals surface area contributed by atoms with Gasteiger partial charge in [0.2, 0.25) is 0 Å². The van der Waals surface area contributed by atoms with E-state index < -0.39 is 0 Å². The van der Waals surface area contributed by atoms with Crippen LogP contribution in [0.4, 0.5) is 5.69 Å². The number of halogens is 1. The average Bonchev–Trinajstić information content (AvgIpc) is 2.58. The van der Waals surface area contributed by atoms with Crippen LogP contribution in [0.5, 0.6) is 17.2 Å². The molecule has 2 aromatic carbocycles. The molecule has 0 bridgehead atoms. The number of hydrogen-bond donors (Lipinski definition) is 1. The van der Waals surface area contributed by atoms with Crippen LogP contribution < -0.4 is 19.5 Å². The van der Waals surface area contributed by atoms with E-state index in [-0.39, 0.29) is 5.91 Å². The summed E-state index contributed by atoms with van der Waals surface area (Å²) in [6.07, 6.45) is 0. The van der Waals surface area contributed by atoms with Gasteiger partial charge < -0.3 is 19.5 Å². The van der Waals surface area contributed by atoms with Gasteiger partial charge in [0.15, 0.2) is 11.5 Å². The Hall–Kier alpha value is -2.21. The first kappa shape index (κ1) is 18.1. The second-order valence-corrected chi connectivity index (χ2v) is 5.69. The zero-order chi connectivity index (χ0) is 17.5. The van der Waals surface area contributed by atoms with Crippen LogP contribution in [-0.4, -0.2) is 26.2 Å². The summed E-state index contributed by atoms with van der Waals surface area (Å²) >= 11 is 3.44. The van der Waals surface area contributed by atoms with Crippen molar-refractivity contribution < 1.29 is 19.0 Å². The van der Waals surface area contributed by atoms with Gasteiger partial charge in [0.25, 0.3) is 5.91 Å². The molecule has 6 heteroatoms. The van der Waals surface area contributed by atoms with Gasteiger partial charge in [0.1, 0.15) is 5.75 Å². The Morgan fingerprint density at radius 1 is 1.12 bits per heavy atom. The van der Waals surface area contributed by atoms with Crippen LogP contribution in [0.1, 0.15) is 24.2 Å². The predicted octanol–water partition coefficient (Wildman–Crippen LogP) is 4.51. The molecular formula is C18H20BrNO4. The van der Waals surface area contributed by atoms with Gasteiger partial charge in [-0.25, -0.2) is 0 Å². The van der Waals surface area contributed by atoms with E-state index in [1.165, 1.54) is 0 Å². The summed E-state index contributed by atoms with van der Waals surface area (Å²) in [5.74, 6) is 1.56. The molecule has 0 unspecified atom stereocenters. The molecule has 1 N–H and O–H groups in total. The first-order chi connectivity index (χ1) is 11.6. The van der Waals surface area contributed by atoms with Gasteiger partial charge in [0.05, 0.1) is 24.8 Å². The number of ether oxygens (including phenoxy) is 3. The Morgan fingerprint density at radius 2 is 1.88 bits per heavy atom. The molecule has 2 aromatic rings. The summed E-state index contributed by atoms with van der Waals surface area (Å²) < 4.78 is 17.0. The van der Waals surface area contributed by atoms with Crippen LogP contribution in [0.2, 0.25) is 0 Å². The molecule has 0 atom stereocenters. The summed E-state index contributed by atoms with van der Waals surface area (Å²) in [5.41, 5.74) is 1.12. The molecule has 0 radical (unpaired) electrons. The van der Waals surface area contributed by atoms with Gasteiger partial charge in [-0.2, -0.15) is 0 Å². The van der Waals surface area contributed by atoms with Gasteiger partial charge in [-0.15, -0.1) is 0 Å². The number of anilines is 1. The Kier molecular flexibility index (Phi) is 6.49. The Bertz CT molecular complexity index is 718. The van der Waals surface area contributed by atoms with Crippen LogP contribution in [0.25, 0.3) is 0 Å². The fourth-order valence-corrected chi connectivity index (χ4v) is 2.71. The second-order valence-electron chi connectivity index (χ2n) is 4.84. The zero-order valence-corrected chi connectivity index (χ0v) is 15.5. The lowest BCUT2D eigenvalue weighted by Gasteiger charge is -2.14.